The van der Waals surface area contributed by atoms with Gasteiger partial charge in [0.05, 0.1) is 14.2 Å². The highest BCUT2D eigenvalue weighted by atomic mass is 16.5. The number of esters is 2. The van der Waals surface area contributed by atoms with Crippen LogP contribution < -0.4 is 10.6 Å². The number of rotatable bonds is 6. The minimum atomic E-state index is -0.631. The van der Waals surface area contributed by atoms with Crippen molar-refractivity contribution in [2.75, 3.05) is 24.9 Å². The van der Waals surface area contributed by atoms with E-state index in [1.54, 1.807) is 27.7 Å². The molecule has 0 fully saturated rings. The zero-order chi connectivity index (χ0) is 21.4. The third kappa shape index (κ3) is 5.80. The molecule has 0 heterocycles. The number of anilines is 2. The predicted octanol–water partition coefficient (Wildman–Crippen LogP) is 2.26. The zero-order valence-corrected chi connectivity index (χ0v) is 16.8. The van der Waals surface area contributed by atoms with Gasteiger partial charge in [0.25, 0.3) is 0 Å². The van der Waals surface area contributed by atoms with Crippen LogP contribution in [0.15, 0.2) is 24.3 Å². The van der Waals surface area contributed by atoms with Crippen LogP contribution in [0, 0.1) is 27.7 Å². The van der Waals surface area contributed by atoms with Crippen molar-refractivity contribution in [1.82, 2.24) is 0 Å². The Balaban J connectivity index is 3.14. The average molecular weight is 388 g/mol. The molecule has 0 spiro atoms. The van der Waals surface area contributed by atoms with Gasteiger partial charge in [-0.2, -0.15) is 0 Å². The van der Waals surface area contributed by atoms with E-state index < -0.39 is 23.8 Å². The molecule has 8 nitrogen and oxygen atoms in total. The number of benzene rings is 1. The summed E-state index contributed by atoms with van der Waals surface area (Å²) in [5, 5.41) is 5.49. The van der Waals surface area contributed by atoms with E-state index in [1.807, 2.05) is 0 Å². The maximum Gasteiger partial charge on any atom is 0.330 e. The summed E-state index contributed by atoms with van der Waals surface area (Å²) >= 11 is 0. The summed E-state index contributed by atoms with van der Waals surface area (Å²) in [6.45, 7) is 7.23. The van der Waals surface area contributed by atoms with Gasteiger partial charge in [0.15, 0.2) is 0 Å². The lowest BCUT2D eigenvalue weighted by Gasteiger charge is -2.20. The van der Waals surface area contributed by atoms with E-state index in [2.05, 4.69) is 20.1 Å². The quantitative estimate of drug-likeness (QED) is 0.571. The number of ether oxygens (including phenoxy) is 2. The summed E-state index contributed by atoms with van der Waals surface area (Å²) in [6.07, 6.45) is 4.23. The molecular formula is C20H24N2O6. The van der Waals surface area contributed by atoms with Crippen molar-refractivity contribution in [2.45, 2.75) is 27.7 Å². The van der Waals surface area contributed by atoms with Crippen molar-refractivity contribution in [2.24, 2.45) is 0 Å². The summed E-state index contributed by atoms with van der Waals surface area (Å²) in [5.74, 6) is -2.22. The maximum atomic E-state index is 12.1. The molecule has 8 heteroatoms. The Morgan fingerprint density at radius 1 is 0.607 bits per heavy atom. The van der Waals surface area contributed by atoms with E-state index in [0.29, 0.717) is 11.4 Å². The summed E-state index contributed by atoms with van der Waals surface area (Å²) in [7, 11) is 2.44. The third-order valence-electron chi connectivity index (χ3n) is 4.27. The van der Waals surface area contributed by atoms with Gasteiger partial charge in [0, 0.05) is 35.7 Å². The highest BCUT2D eigenvalue weighted by Gasteiger charge is 2.17. The van der Waals surface area contributed by atoms with Crippen molar-refractivity contribution in [1.29, 1.82) is 0 Å². The Morgan fingerprint density at radius 3 is 1.14 bits per heavy atom. The Bertz CT molecular complexity index is 768. The van der Waals surface area contributed by atoms with E-state index in [4.69, 9.17) is 0 Å². The van der Waals surface area contributed by atoms with Crippen LogP contribution in [-0.4, -0.2) is 38.0 Å². The fourth-order valence-electron chi connectivity index (χ4n) is 2.44. The van der Waals surface area contributed by atoms with Crippen molar-refractivity contribution in [3.63, 3.8) is 0 Å². The molecule has 0 bridgehead atoms. The first-order chi connectivity index (χ1) is 13.1. The molecule has 2 N–H and O–H groups in total. The van der Waals surface area contributed by atoms with Crippen molar-refractivity contribution in [3.8, 4) is 0 Å². The number of methoxy groups -OCH3 is 2. The molecule has 0 atom stereocenters. The van der Waals surface area contributed by atoms with Gasteiger partial charge in [-0.1, -0.05) is 0 Å². The summed E-state index contributed by atoms with van der Waals surface area (Å²) in [6, 6.07) is 0. The van der Waals surface area contributed by atoms with E-state index in [-0.39, 0.29) is 0 Å². The maximum absolute atomic E-state index is 12.1. The second kappa shape index (κ2) is 10.1. The van der Waals surface area contributed by atoms with Crippen LogP contribution in [0.25, 0.3) is 0 Å². The van der Waals surface area contributed by atoms with E-state index in [0.717, 1.165) is 46.6 Å². The molecule has 0 aliphatic carbocycles. The molecule has 150 valence electrons. The van der Waals surface area contributed by atoms with Gasteiger partial charge in [-0.25, -0.2) is 9.59 Å². The third-order valence-corrected chi connectivity index (χ3v) is 4.27. The molecule has 1 aromatic carbocycles. The molecule has 0 aromatic heterocycles. The molecule has 0 aliphatic rings. The van der Waals surface area contributed by atoms with Crippen LogP contribution in [0.5, 0.6) is 0 Å². The molecule has 0 saturated carbocycles. The van der Waals surface area contributed by atoms with Crippen LogP contribution >= 0.6 is 0 Å². The number of hydrogen-bond donors (Lipinski definition) is 2. The van der Waals surface area contributed by atoms with E-state index in [1.165, 1.54) is 14.2 Å². The first kappa shape index (κ1) is 22.6. The SMILES string of the molecule is COC(=O)/C=C\C(=O)Nc1c(C)c(C)c(NC(=O)/C=C\C(=O)OC)c(C)c1C. The molecule has 0 radical (unpaired) electrons. The van der Waals surface area contributed by atoms with Gasteiger partial charge < -0.3 is 20.1 Å². The standard InChI is InChI=1S/C20H24N2O6/c1-11-12(2)20(22-16(24)8-10-18(26)28-6)14(4)13(3)19(11)21-15(23)7-9-17(25)27-5/h7-10H,1-6H3,(H,21,23)(H,22,24)/b9-7-,10-8-. The van der Waals surface area contributed by atoms with Gasteiger partial charge in [-0.15, -0.1) is 0 Å². The Hall–Kier alpha value is -3.42. The molecule has 0 saturated heterocycles. The molecule has 2 amide bonds. The van der Waals surface area contributed by atoms with Crippen LogP contribution in [0.3, 0.4) is 0 Å². The fourth-order valence-corrected chi connectivity index (χ4v) is 2.44. The number of nitrogens with one attached hydrogen (secondary N) is 2. The topological polar surface area (TPSA) is 111 Å². The first-order valence-corrected chi connectivity index (χ1v) is 8.36. The lowest BCUT2D eigenvalue weighted by molar-refractivity contribution is -0.135. The van der Waals surface area contributed by atoms with Crippen LogP contribution in [0.1, 0.15) is 22.3 Å². The second-order valence-electron chi connectivity index (χ2n) is 5.94. The Labute approximate surface area is 163 Å². The second-order valence-corrected chi connectivity index (χ2v) is 5.94. The van der Waals surface area contributed by atoms with Crippen molar-refractivity contribution in [3.05, 3.63) is 46.6 Å². The Kier molecular flexibility index (Phi) is 8.12. The lowest BCUT2D eigenvalue weighted by atomic mass is 9.95. The van der Waals surface area contributed by atoms with Crippen molar-refractivity contribution < 1.29 is 28.7 Å². The minimum Gasteiger partial charge on any atom is -0.466 e. The van der Waals surface area contributed by atoms with E-state index in [9.17, 15) is 19.2 Å². The van der Waals surface area contributed by atoms with Gasteiger partial charge in [-0.3, -0.25) is 9.59 Å². The van der Waals surface area contributed by atoms with Crippen LogP contribution in [0.4, 0.5) is 11.4 Å². The number of carbonyl (C=O) groups excluding carboxylic acids is 4. The molecule has 0 aliphatic heterocycles. The van der Waals surface area contributed by atoms with Gasteiger partial charge in [-0.05, 0) is 49.9 Å². The Morgan fingerprint density at radius 2 is 0.893 bits per heavy atom. The number of carbonyl (C=O) groups is 4. The smallest absolute Gasteiger partial charge is 0.330 e. The molecule has 0 unspecified atom stereocenters. The lowest BCUT2D eigenvalue weighted by Crippen LogP contribution is -2.16. The van der Waals surface area contributed by atoms with Crippen LogP contribution in [-0.2, 0) is 28.7 Å². The van der Waals surface area contributed by atoms with Gasteiger partial charge in [0.2, 0.25) is 11.8 Å². The summed E-state index contributed by atoms with van der Waals surface area (Å²) in [5.41, 5.74) is 4.23. The number of amides is 2. The van der Waals surface area contributed by atoms with Gasteiger partial charge >= 0.3 is 11.9 Å². The normalized spacial score (nSPS) is 10.8. The highest BCUT2D eigenvalue weighted by Crippen LogP contribution is 2.34. The fraction of sp³-hybridized carbons (Fsp3) is 0.300. The largest absolute Gasteiger partial charge is 0.466 e. The monoisotopic (exact) mass is 388 g/mol. The molecule has 1 aromatic rings. The zero-order valence-electron chi connectivity index (χ0n) is 16.8. The highest BCUT2D eigenvalue weighted by molar-refractivity contribution is 6.06. The summed E-state index contributed by atoms with van der Waals surface area (Å²) < 4.78 is 8.90. The average Bonchev–Trinajstić information content (AvgIpc) is 2.69. The van der Waals surface area contributed by atoms with Crippen LogP contribution in [0.2, 0.25) is 0 Å². The number of hydrogen-bond acceptors (Lipinski definition) is 6. The van der Waals surface area contributed by atoms with Gasteiger partial charge in [0.1, 0.15) is 0 Å². The molecule has 1 rings (SSSR count). The van der Waals surface area contributed by atoms with E-state index >= 15 is 0 Å². The summed E-state index contributed by atoms with van der Waals surface area (Å²) in [4.78, 5) is 46.4. The molecule has 28 heavy (non-hydrogen) atoms. The van der Waals surface area contributed by atoms with Crippen molar-refractivity contribution >= 4 is 35.1 Å². The molecular weight excluding hydrogens is 364 g/mol. The first-order valence-electron chi connectivity index (χ1n) is 8.36. The predicted molar refractivity (Wildman–Crippen MR) is 105 cm³/mol. The minimum absolute atomic E-state index is 0.479.